The van der Waals surface area contributed by atoms with E-state index in [1.807, 2.05) is 55.5 Å². The summed E-state index contributed by atoms with van der Waals surface area (Å²) < 4.78 is 0. The number of fused-ring (bicyclic) bond motifs is 1. The van der Waals surface area contributed by atoms with Crippen molar-refractivity contribution in [3.05, 3.63) is 81.6 Å². The van der Waals surface area contributed by atoms with Gasteiger partial charge in [0, 0.05) is 22.2 Å². The summed E-state index contributed by atoms with van der Waals surface area (Å²) in [7, 11) is 0. The number of nitrogens with one attached hydrogen (secondary N) is 1. The number of benzene rings is 2. The number of rotatable bonds is 5. The van der Waals surface area contributed by atoms with Gasteiger partial charge in [0.25, 0.3) is 0 Å². The SMILES string of the molecule is Cc1[nH]c2ccccc2c(=O)c1CC(Cc1ccccc1)C(=O)O. The molecule has 0 saturated carbocycles. The molecule has 0 radical (unpaired) electrons. The number of aryl methyl sites for hydroxylation is 1. The standard InChI is InChI=1S/C20H19NO3/c1-13-17(19(22)16-9-5-6-10-18(16)21-13)12-15(20(23)24)11-14-7-3-2-4-8-14/h2-10,15H,11-12H2,1H3,(H,21,22)(H,23,24). The van der Waals surface area contributed by atoms with Gasteiger partial charge in [-0.3, -0.25) is 9.59 Å². The molecule has 3 rings (SSSR count). The zero-order valence-electron chi connectivity index (χ0n) is 13.5. The molecular formula is C20H19NO3. The largest absolute Gasteiger partial charge is 0.481 e. The molecule has 0 fully saturated rings. The third-order valence-electron chi connectivity index (χ3n) is 4.35. The van der Waals surface area contributed by atoms with Crippen molar-refractivity contribution < 1.29 is 9.90 Å². The van der Waals surface area contributed by atoms with Gasteiger partial charge < -0.3 is 10.1 Å². The van der Waals surface area contributed by atoms with Gasteiger partial charge in [-0.05, 0) is 37.5 Å². The second-order valence-corrected chi connectivity index (χ2v) is 6.03. The first-order chi connectivity index (χ1) is 11.6. The highest BCUT2D eigenvalue weighted by molar-refractivity contribution is 5.79. The molecule has 0 aliphatic rings. The minimum atomic E-state index is -0.884. The number of aliphatic carboxylic acids is 1. The lowest BCUT2D eigenvalue weighted by molar-refractivity contribution is -0.141. The molecule has 0 spiro atoms. The van der Waals surface area contributed by atoms with E-state index >= 15 is 0 Å². The van der Waals surface area contributed by atoms with Crippen molar-refractivity contribution in [2.45, 2.75) is 19.8 Å². The molecule has 4 nitrogen and oxygen atoms in total. The number of pyridine rings is 1. The smallest absolute Gasteiger partial charge is 0.307 e. The molecule has 1 unspecified atom stereocenters. The fourth-order valence-electron chi connectivity index (χ4n) is 3.04. The van der Waals surface area contributed by atoms with Gasteiger partial charge in [0.05, 0.1) is 5.92 Å². The zero-order chi connectivity index (χ0) is 17.1. The van der Waals surface area contributed by atoms with Crippen molar-refractivity contribution in [1.29, 1.82) is 0 Å². The molecule has 0 aliphatic heterocycles. The number of carboxylic acids is 1. The Bertz CT molecular complexity index is 929. The van der Waals surface area contributed by atoms with Crippen LogP contribution < -0.4 is 5.43 Å². The molecular weight excluding hydrogens is 302 g/mol. The van der Waals surface area contributed by atoms with E-state index in [1.165, 1.54) is 0 Å². The van der Waals surface area contributed by atoms with Gasteiger partial charge in [-0.2, -0.15) is 0 Å². The molecule has 0 bridgehead atoms. The average Bonchev–Trinajstić information content (AvgIpc) is 2.58. The van der Waals surface area contributed by atoms with E-state index in [2.05, 4.69) is 4.98 Å². The summed E-state index contributed by atoms with van der Waals surface area (Å²) in [5, 5.41) is 10.2. The highest BCUT2D eigenvalue weighted by atomic mass is 16.4. The molecule has 0 aliphatic carbocycles. The van der Waals surface area contributed by atoms with Crippen LogP contribution in [0.15, 0.2) is 59.4 Å². The zero-order valence-corrected chi connectivity index (χ0v) is 13.5. The van der Waals surface area contributed by atoms with Crippen LogP contribution in [0.4, 0.5) is 0 Å². The Morgan fingerprint density at radius 2 is 1.71 bits per heavy atom. The molecule has 1 atom stereocenters. The van der Waals surface area contributed by atoms with Crippen LogP contribution in [0.2, 0.25) is 0 Å². The van der Waals surface area contributed by atoms with E-state index < -0.39 is 11.9 Å². The maximum absolute atomic E-state index is 12.7. The Morgan fingerprint density at radius 3 is 2.42 bits per heavy atom. The molecule has 3 aromatic rings. The maximum atomic E-state index is 12.7. The number of carboxylic acid groups (broad SMARTS) is 1. The first kappa shape index (κ1) is 16.0. The van der Waals surface area contributed by atoms with Crippen molar-refractivity contribution in [3.63, 3.8) is 0 Å². The normalized spacial score (nSPS) is 12.2. The maximum Gasteiger partial charge on any atom is 0.307 e. The number of para-hydroxylation sites is 1. The quantitative estimate of drug-likeness (QED) is 0.757. The van der Waals surface area contributed by atoms with E-state index in [0.717, 1.165) is 16.8 Å². The molecule has 2 N–H and O–H groups in total. The third-order valence-corrected chi connectivity index (χ3v) is 4.35. The van der Waals surface area contributed by atoms with Crippen LogP contribution in [0.1, 0.15) is 16.8 Å². The van der Waals surface area contributed by atoms with Gasteiger partial charge in [0.1, 0.15) is 0 Å². The van der Waals surface area contributed by atoms with Crippen LogP contribution in [0.25, 0.3) is 10.9 Å². The van der Waals surface area contributed by atoms with Crippen LogP contribution in [0.5, 0.6) is 0 Å². The lowest BCUT2D eigenvalue weighted by Crippen LogP contribution is -2.24. The van der Waals surface area contributed by atoms with Crippen molar-refractivity contribution >= 4 is 16.9 Å². The van der Waals surface area contributed by atoms with Crippen LogP contribution in [0.3, 0.4) is 0 Å². The van der Waals surface area contributed by atoms with E-state index in [1.54, 1.807) is 6.07 Å². The Balaban J connectivity index is 1.97. The second-order valence-electron chi connectivity index (χ2n) is 6.03. The summed E-state index contributed by atoms with van der Waals surface area (Å²) in [6.07, 6.45) is 0.623. The molecule has 2 aromatic carbocycles. The number of hydrogen-bond acceptors (Lipinski definition) is 2. The topological polar surface area (TPSA) is 70.2 Å². The first-order valence-electron chi connectivity index (χ1n) is 7.93. The van der Waals surface area contributed by atoms with Gasteiger partial charge in [-0.25, -0.2) is 0 Å². The number of aromatic amines is 1. The Labute approximate surface area is 139 Å². The van der Waals surface area contributed by atoms with Crippen LogP contribution in [0, 0.1) is 12.8 Å². The van der Waals surface area contributed by atoms with Crippen molar-refractivity contribution in [1.82, 2.24) is 4.98 Å². The lowest BCUT2D eigenvalue weighted by Gasteiger charge is -2.14. The summed E-state index contributed by atoms with van der Waals surface area (Å²) >= 11 is 0. The highest BCUT2D eigenvalue weighted by Gasteiger charge is 2.22. The number of carbonyl (C=O) groups is 1. The predicted molar refractivity (Wildman–Crippen MR) is 94.3 cm³/mol. The fourth-order valence-corrected chi connectivity index (χ4v) is 3.04. The highest BCUT2D eigenvalue weighted by Crippen LogP contribution is 2.17. The van der Waals surface area contributed by atoms with Crippen LogP contribution in [-0.4, -0.2) is 16.1 Å². The van der Waals surface area contributed by atoms with Gasteiger partial charge in [-0.15, -0.1) is 0 Å². The van der Waals surface area contributed by atoms with E-state index in [9.17, 15) is 14.7 Å². The van der Waals surface area contributed by atoms with Gasteiger partial charge in [0.15, 0.2) is 5.43 Å². The number of H-pyrrole nitrogens is 1. The lowest BCUT2D eigenvalue weighted by atomic mass is 9.91. The Hall–Kier alpha value is -2.88. The minimum absolute atomic E-state index is 0.0823. The van der Waals surface area contributed by atoms with Crippen LogP contribution >= 0.6 is 0 Å². The van der Waals surface area contributed by atoms with Crippen molar-refractivity contribution in [2.75, 3.05) is 0 Å². The summed E-state index contributed by atoms with van der Waals surface area (Å²) in [6.45, 7) is 1.82. The molecule has 4 heteroatoms. The fraction of sp³-hybridized carbons (Fsp3) is 0.200. The molecule has 122 valence electrons. The van der Waals surface area contributed by atoms with Crippen molar-refractivity contribution in [3.8, 4) is 0 Å². The molecule has 1 aromatic heterocycles. The summed E-state index contributed by atoms with van der Waals surface area (Å²) in [6, 6.07) is 16.8. The summed E-state index contributed by atoms with van der Waals surface area (Å²) in [5.74, 6) is -1.51. The molecule has 0 amide bonds. The molecule has 24 heavy (non-hydrogen) atoms. The minimum Gasteiger partial charge on any atom is -0.481 e. The first-order valence-corrected chi connectivity index (χ1v) is 7.93. The summed E-state index contributed by atoms with van der Waals surface area (Å²) in [5.41, 5.74) is 2.94. The van der Waals surface area contributed by atoms with E-state index in [-0.39, 0.29) is 11.8 Å². The molecule has 1 heterocycles. The Kier molecular flexibility index (Phi) is 4.47. The van der Waals surface area contributed by atoms with E-state index in [4.69, 9.17) is 0 Å². The average molecular weight is 321 g/mol. The Morgan fingerprint density at radius 1 is 1.04 bits per heavy atom. The monoisotopic (exact) mass is 321 g/mol. The predicted octanol–water partition coefficient (Wildman–Crippen LogP) is 3.32. The summed E-state index contributed by atoms with van der Waals surface area (Å²) in [4.78, 5) is 27.6. The van der Waals surface area contributed by atoms with Gasteiger partial charge in [-0.1, -0.05) is 42.5 Å². The number of aromatic nitrogens is 1. The number of hydrogen-bond donors (Lipinski definition) is 2. The molecule has 0 saturated heterocycles. The third kappa shape index (κ3) is 3.23. The second kappa shape index (κ2) is 6.71. The van der Waals surface area contributed by atoms with E-state index in [0.29, 0.717) is 17.4 Å². The van der Waals surface area contributed by atoms with Crippen molar-refractivity contribution in [2.24, 2.45) is 5.92 Å². The van der Waals surface area contributed by atoms with Gasteiger partial charge in [0.2, 0.25) is 0 Å². The van der Waals surface area contributed by atoms with Gasteiger partial charge >= 0.3 is 5.97 Å². The van der Waals surface area contributed by atoms with Crippen LogP contribution in [-0.2, 0) is 17.6 Å².